The standard InChI is InChI=1S/C17H17F5N2O4S/c1-3-24-13(28-10-16(18,19)17(20,21)22)8-7-11(15(24)25)14-12(6-5-9-23-14)29(26,27)4-2/h5-9H,3-4,10H2,1-2H3. The van der Waals surface area contributed by atoms with Crippen molar-refractivity contribution in [2.75, 3.05) is 12.4 Å². The molecule has 12 heteroatoms. The first-order valence-corrected chi connectivity index (χ1v) is 10.00. The zero-order valence-corrected chi connectivity index (χ0v) is 16.2. The summed E-state index contributed by atoms with van der Waals surface area (Å²) in [6, 6.07) is 4.74. The van der Waals surface area contributed by atoms with Gasteiger partial charge in [0.2, 0.25) is 0 Å². The van der Waals surface area contributed by atoms with Gasteiger partial charge in [0.25, 0.3) is 5.56 Å². The Hall–Kier alpha value is -2.50. The van der Waals surface area contributed by atoms with Crippen LogP contribution in [0.2, 0.25) is 0 Å². The highest BCUT2D eigenvalue weighted by atomic mass is 32.2. The average Bonchev–Trinajstić information content (AvgIpc) is 2.65. The molecule has 2 aromatic rings. The second-order valence-electron chi connectivity index (χ2n) is 5.88. The van der Waals surface area contributed by atoms with Crippen molar-refractivity contribution < 1.29 is 35.1 Å². The number of rotatable bonds is 7. The largest absolute Gasteiger partial charge is 0.472 e. The smallest absolute Gasteiger partial charge is 0.456 e. The molecule has 29 heavy (non-hydrogen) atoms. The summed E-state index contributed by atoms with van der Waals surface area (Å²) in [5, 5.41) is 0. The lowest BCUT2D eigenvalue weighted by Crippen LogP contribution is -2.42. The van der Waals surface area contributed by atoms with Crippen LogP contribution in [0.15, 0.2) is 40.2 Å². The number of alkyl halides is 5. The molecule has 0 atom stereocenters. The van der Waals surface area contributed by atoms with Gasteiger partial charge in [-0.2, -0.15) is 22.0 Å². The van der Waals surface area contributed by atoms with E-state index in [9.17, 15) is 35.2 Å². The van der Waals surface area contributed by atoms with E-state index in [0.29, 0.717) is 0 Å². The van der Waals surface area contributed by atoms with E-state index < -0.39 is 40.0 Å². The fourth-order valence-electron chi connectivity index (χ4n) is 2.41. The summed E-state index contributed by atoms with van der Waals surface area (Å²) in [5.74, 6) is -5.87. The van der Waals surface area contributed by atoms with Crippen LogP contribution in [-0.2, 0) is 16.4 Å². The minimum Gasteiger partial charge on any atom is -0.472 e. The second-order valence-corrected chi connectivity index (χ2v) is 8.13. The Morgan fingerprint density at radius 3 is 2.31 bits per heavy atom. The van der Waals surface area contributed by atoms with Gasteiger partial charge in [-0.05, 0) is 31.2 Å². The van der Waals surface area contributed by atoms with Gasteiger partial charge < -0.3 is 4.74 Å². The monoisotopic (exact) mass is 440 g/mol. The molecule has 0 fully saturated rings. The average molecular weight is 440 g/mol. The molecule has 0 saturated carbocycles. The van der Waals surface area contributed by atoms with Crippen LogP contribution in [0.1, 0.15) is 13.8 Å². The molecule has 0 aliphatic heterocycles. The molecule has 2 aromatic heterocycles. The molecule has 2 heterocycles. The predicted octanol–water partition coefficient (Wildman–Crippen LogP) is 3.30. The van der Waals surface area contributed by atoms with Crippen molar-refractivity contribution in [2.45, 2.75) is 37.4 Å². The van der Waals surface area contributed by atoms with E-state index >= 15 is 0 Å². The SMILES string of the molecule is CCn1c(OCC(F)(F)C(F)(F)F)ccc(-c2ncccc2S(=O)(=O)CC)c1=O. The number of hydrogen-bond acceptors (Lipinski definition) is 5. The summed E-state index contributed by atoms with van der Waals surface area (Å²) < 4.78 is 93.1. The topological polar surface area (TPSA) is 78.3 Å². The Morgan fingerprint density at radius 2 is 1.76 bits per heavy atom. The zero-order chi connectivity index (χ0) is 22.0. The maximum absolute atomic E-state index is 13.1. The molecule has 6 nitrogen and oxygen atoms in total. The van der Waals surface area contributed by atoms with E-state index in [4.69, 9.17) is 0 Å². The van der Waals surface area contributed by atoms with Gasteiger partial charge in [-0.15, -0.1) is 0 Å². The van der Waals surface area contributed by atoms with E-state index in [1.165, 1.54) is 32.2 Å². The molecule has 0 aliphatic carbocycles. The molecule has 160 valence electrons. The van der Waals surface area contributed by atoms with E-state index in [2.05, 4.69) is 9.72 Å². The van der Waals surface area contributed by atoms with Gasteiger partial charge in [-0.25, -0.2) is 8.42 Å². The first-order valence-electron chi connectivity index (χ1n) is 8.35. The lowest BCUT2D eigenvalue weighted by molar-refractivity contribution is -0.290. The highest BCUT2D eigenvalue weighted by molar-refractivity contribution is 7.91. The van der Waals surface area contributed by atoms with Gasteiger partial charge in [-0.3, -0.25) is 14.3 Å². The molecule has 0 radical (unpaired) electrons. The maximum atomic E-state index is 13.1. The third kappa shape index (κ3) is 4.57. The Labute approximate surface area is 162 Å². The maximum Gasteiger partial charge on any atom is 0.456 e. The molecule has 0 aromatic carbocycles. The molecule has 2 rings (SSSR count). The van der Waals surface area contributed by atoms with Gasteiger partial charge in [0, 0.05) is 12.7 Å². The lowest BCUT2D eigenvalue weighted by Gasteiger charge is -2.21. The number of pyridine rings is 2. The van der Waals surface area contributed by atoms with E-state index in [1.807, 2.05) is 0 Å². The molecule has 0 unspecified atom stereocenters. The summed E-state index contributed by atoms with van der Waals surface area (Å²) >= 11 is 0. The van der Waals surface area contributed by atoms with E-state index in [-0.39, 0.29) is 28.5 Å². The third-order valence-corrected chi connectivity index (χ3v) is 5.77. The van der Waals surface area contributed by atoms with Crippen LogP contribution in [0.3, 0.4) is 0 Å². The molecular weight excluding hydrogens is 423 g/mol. The minimum atomic E-state index is -5.80. The van der Waals surface area contributed by atoms with Crippen molar-refractivity contribution >= 4 is 9.84 Å². The summed E-state index contributed by atoms with van der Waals surface area (Å²) in [6.45, 7) is 0.729. The van der Waals surface area contributed by atoms with Gasteiger partial charge >= 0.3 is 12.1 Å². The van der Waals surface area contributed by atoms with Crippen molar-refractivity contribution in [1.82, 2.24) is 9.55 Å². The Morgan fingerprint density at radius 1 is 1.10 bits per heavy atom. The van der Waals surface area contributed by atoms with Crippen molar-refractivity contribution in [3.8, 4) is 17.1 Å². The van der Waals surface area contributed by atoms with E-state index in [0.717, 1.165) is 16.7 Å². The minimum absolute atomic E-state index is 0.123. The summed E-state index contributed by atoms with van der Waals surface area (Å²) in [6.07, 6.45) is -4.53. The number of ether oxygens (including phenoxy) is 1. The number of sulfone groups is 1. The van der Waals surface area contributed by atoms with Gasteiger partial charge in [-0.1, -0.05) is 6.92 Å². The summed E-state index contributed by atoms with van der Waals surface area (Å²) in [4.78, 5) is 16.5. The quantitative estimate of drug-likeness (QED) is 0.618. The molecule has 0 amide bonds. The van der Waals surface area contributed by atoms with Crippen LogP contribution in [0.25, 0.3) is 11.3 Å². The van der Waals surface area contributed by atoms with Gasteiger partial charge in [0.15, 0.2) is 22.3 Å². The Kier molecular flexibility index (Phi) is 6.36. The van der Waals surface area contributed by atoms with Gasteiger partial charge in [0.05, 0.1) is 21.9 Å². The van der Waals surface area contributed by atoms with Gasteiger partial charge in [0.1, 0.15) is 0 Å². The summed E-state index contributed by atoms with van der Waals surface area (Å²) in [7, 11) is -3.74. The molecule has 0 aliphatic rings. The normalized spacial score (nSPS) is 12.8. The molecule has 0 N–H and O–H groups in total. The second kappa shape index (κ2) is 8.09. The number of aromatic nitrogens is 2. The number of hydrogen-bond donors (Lipinski definition) is 0. The third-order valence-electron chi connectivity index (χ3n) is 4.01. The van der Waals surface area contributed by atoms with Crippen molar-refractivity contribution in [1.29, 1.82) is 0 Å². The number of halogens is 5. The van der Waals surface area contributed by atoms with Crippen molar-refractivity contribution in [2.24, 2.45) is 0 Å². The zero-order valence-electron chi connectivity index (χ0n) is 15.3. The van der Waals surface area contributed by atoms with Crippen LogP contribution < -0.4 is 10.3 Å². The first-order chi connectivity index (χ1) is 13.4. The number of nitrogens with zero attached hydrogens (tertiary/aromatic N) is 2. The molecular formula is C17H17F5N2O4S. The first kappa shape index (κ1) is 22.8. The van der Waals surface area contributed by atoms with Crippen LogP contribution in [0, 0.1) is 0 Å². The Balaban J connectivity index is 2.53. The lowest BCUT2D eigenvalue weighted by atomic mass is 10.2. The highest BCUT2D eigenvalue weighted by Crippen LogP contribution is 2.35. The predicted molar refractivity (Wildman–Crippen MR) is 93.8 cm³/mol. The van der Waals surface area contributed by atoms with Crippen LogP contribution in [0.4, 0.5) is 22.0 Å². The molecule has 0 spiro atoms. The molecule has 0 bridgehead atoms. The van der Waals surface area contributed by atoms with Crippen LogP contribution >= 0.6 is 0 Å². The summed E-state index contributed by atoms with van der Waals surface area (Å²) in [5.41, 5.74) is -1.14. The fraction of sp³-hybridized carbons (Fsp3) is 0.412. The highest BCUT2D eigenvalue weighted by Gasteiger charge is 2.58. The Bertz CT molecular complexity index is 1050. The van der Waals surface area contributed by atoms with Crippen LogP contribution in [-0.4, -0.2) is 42.4 Å². The van der Waals surface area contributed by atoms with E-state index in [1.54, 1.807) is 0 Å². The fourth-order valence-corrected chi connectivity index (χ4v) is 3.47. The van der Waals surface area contributed by atoms with Crippen molar-refractivity contribution in [3.05, 3.63) is 40.8 Å². The van der Waals surface area contributed by atoms with Crippen LogP contribution in [0.5, 0.6) is 5.88 Å². The molecule has 0 saturated heterocycles. The van der Waals surface area contributed by atoms with Crippen molar-refractivity contribution in [3.63, 3.8) is 0 Å².